The Bertz CT molecular complexity index is 596. The van der Waals surface area contributed by atoms with Gasteiger partial charge in [0.2, 0.25) is 5.91 Å². The Labute approximate surface area is 123 Å². The third-order valence-electron chi connectivity index (χ3n) is 3.15. The van der Waals surface area contributed by atoms with Crippen LogP contribution in [0.3, 0.4) is 0 Å². The molecule has 0 radical (unpaired) electrons. The van der Waals surface area contributed by atoms with Gasteiger partial charge in [0.25, 0.3) is 0 Å². The number of halogens is 1. The first-order valence-corrected chi connectivity index (χ1v) is 6.85. The predicted octanol–water partition coefficient (Wildman–Crippen LogP) is 3.22. The van der Waals surface area contributed by atoms with E-state index in [9.17, 15) is 9.18 Å². The zero-order valence-corrected chi connectivity index (χ0v) is 11.9. The maximum Gasteiger partial charge on any atom is 0.223 e. The molecule has 0 saturated carbocycles. The average molecular weight is 287 g/mol. The quantitative estimate of drug-likeness (QED) is 0.886. The Morgan fingerprint density at radius 1 is 1.14 bits per heavy atom. The number of ether oxygens (including phenoxy) is 1. The molecule has 1 amide bonds. The highest BCUT2D eigenvalue weighted by molar-refractivity contribution is 5.76. The van der Waals surface area contributed by atoms with Gasteiger partial charge in [-0.15, -0.1) is 0 Å². The highest BCUT2D eigenvalue weighted by Crippen LogP contribution is 2.11. The van der Waals surface area contributed by atoms with Crippen molar-refractivity contribution in [2.45, 2.75) is 19.9 Å². The lowest BCUT2D eigenvalue weighted by Crippen LogP contribution is -2.24. The fourth-order valence-corrected chi connectivity index (χ4v) is 1.88. The van der Waals surface area contributed by atoms with Crippen molar-refractivity contribution in [3.63, 3.8) is 0 Å². The number of hydrogen-bond donors (Lipinski definition) is 1. The second kappa shape index (κ2) is 7.43. The number of carbonyl (C=O) groups excluding carboxylic acids is 1. The molecule has 0 bridgehead atoms. The second-order valence-electron chi connectivity index (χ2n) is 4.76. The Morgan fingerprint density at radius 2 is 1.86 bits per heavy atom. The maximum atomic E-state index is 12.7. The molecule has 0 aliphatic carbocycles. The molecule has 0 aliphatic heterocycles. The monoisotopic (exact) mass is 287 g/mol. The largest absolute Gasteiger partial charge is 0.493 e. The Morgan fingerprint density at radius 3 is 2.57 bits per heavy atom. The Kier molecular flexibility index (Phi) is 5.32. The van der Waals surface area contributed by atoms with E-state index in [1.165, 1.54) is 12.1 Å². The van der Waals surface area contributed by atoms with E-state index in [1.807, 2.05) is 31.2 Å². The van der Waals surface area contributed by atoms with E-state index in [2.05, 4.69) is 5.32 Å². The SMILES string of the molecule is Cc1ccccc1CNC(=O)CCOc1ccc(F)cc1. The molecule has 1 N–H and O–H groups in total. The molecule has 21 heavy (non-hydrogen) atoms. The number of benzene rings is 2. The van der Waals surface area contributed by atoms with Gasteiger partial charge in [0.05, 0.1) is 13.0 Å². The molecule has 0 spiro atoms. The molecule has 3 nitrogen and oxygen atoms in total. The first-order chi connectivity index (χ1) is 10.1. The summed E-state index contributed by atoms with van der Waals surface area (Å²) in [7, 11) is 0. The van der Waals surface area contributed by atoms with Gasteiger partial charge >= 0.3 is 0 Å². The molecule has 2 aromatic rings. The molecule has 0 heterocycles. The highest BCUT2D eigenvalue weighted by atomic mass is 19.1. The van der Waals surface area contributed by atoms with Crippen LogP contribution in [-0.2, 0) is 11.3 Å². The number of rotatable bonds is 6. The van der Waals surface area contributed by atoms with Crippen LogP contribution in [-0.4, -0.2) is 12.5 Å². The molecule has 0 fully saturated rings. The second-order valence-corrected chi connectivity index (χ2v) is 4.76. The first-order valence-electron chi connectivity index (χ1n) is 6.85. The van der Waals surface area contributed by atoms with Crippen LogP contribution >= 0.6 is 0 Å². The van der Waals surface area contributed by atoms with E-state index in [0.717, 1.165) is 11.1 Å². The number of nitrogens with one attached hydrogen (secondary N) is 1. The summed E-state index contributed by atoms with van der Waals surface area (Å²) in [4.78, 5) is 11.7. The van der Waals surface area contributed by atoms with Gasteiger partial charge in [0.1, 0.15) is 11.6 Å². The van der Waals surface area contributed by atoms with E-state index in [1.54, 1.807) is 12.1 Å². The summed E-state index contributed by atoms with van der Waals surface area (Å²) in [5.74, 6) is 0.182. The van der Waals surface area contributed by atoms with Crippen LogP contribution in [0, 0.1) is 12.7 Å². The minimum atomic E-state index is -0.307. The minimum Gasteiger partial charge on any atom is -0.493 e. The normalized spacial score (nSPS) is 10.2. The van der Waals surface area contributed by atoms with Gasteiger partial charge in [0.15, 0.2) is 0 Å². The van der Waals surface area contributed by atoms with Gasteiger partial charge in [-0.1, -0.05) is 24.3 Å². The lowest BCUT2D eigenvalue weighted by Gasteiger charge is -2.09. The van der Waals surface area contributed by atoms with Crippen molar-refractivity contribution in [3.05, 3.63) is 65.5 Å². The summed E-state index contributed by atoms with van der Waals surface area (Å²) < 4.78 is 18.1. The summed E-state index contributed by atoms with van der Waals surface area (Å²) in [6.07, 6.45) is 0.267. The summed E-state index contributed by atoms with van der Waals surface area (Å²) in [5, 5.41) is 2.86. The molecule has 2 aromatic carbocycles. The zero-order chi connectivity index (χ0) is 15.1. The van der Waals surface area contributed by atoms with Gasteiger partial charge in [-0.3, -0.25) is 4.79 Å². The van der Waals surface area contributed by atoms with Crippen LogP contribution in [0.25, 0.3) is 0 Å². The van der Waals surface area contributed by atoms with Crippen LogP contribution in [0.15, 0.2) is 48.5 Å². The van der Waals surface area contributed by atoms with Crippen molar-refractivity contribution in [1.82, 2.24) is 5.32 Å². The molecule has 2 rings (SSSR count). The summed E-state index contributed by atoms with van der Waals surface area (Å²) in [6.45, 7) is 2.80. The maximum absolute atomic E-state index is 12.7. The molecule has 0 aliphatic rings. The van der Waals surface area contributed by atoms with Crippen LogP contribution in [0.1, 0.15) is 17.5 Å². The number of amides is 1. The third-order valence-corrected chi connectivity index (χ3v) is 3.15. The lowest BCUT2D eigenvalue weighted by molar-refractivity contribution is -0.121. The predicted molar refractivity (Wildman–Crippen MR) is 79.5 cm³/mol. The molecule has 0 unspecified atom stereocenters. The fourth-order valence-electron chi connectivity index (χ4n) is 1.88. The summed E-state index contributed by atoms with van der Waals surface area (Å²) in [6, 6.07) is 13.7. The molecule has 0 saturated heterocycles. The molecule has 110 valence electrons. The van der Waals surface area contributed by atoms with Crippen molar-refractivity contribution < 1.29 is 13.9 Å². The van der Waals surface area contributed by atoms with E-state index in [4.69, 9.17) is 4.74 Å². The van der Waals surface area contributed by atoms with Crippen LogP contribution in [0.5, 0.6) is 5.75 Å². The lowest BCUT2D eigenvalue weighted by atomic mass is 10.1. The van der Waals surface area contributed by atoms with Crippen LogP contribution in [0.4, 0.5) is 4.39 Å². The average Bonchev–Trinajstić information content (AvgIpc) is 2.48. The molecule has 0 aromatic heterocycles. The van der Waals surface area contributed by atoms with Gasteiger partial charge in [-0.05, 0) is 42.3 Å². The van der Waals surface area contributed by atoms with E-state index < -0.39 is 0 Å². The van der Waals surface area contributed by atoms with Crippen molar-refractivity contribution >= 4 is 5.91 Å². The number of hydrogen-bond acceptors (Lipinski definition) is 2. The van der Waals surface area contributed by atoms with Crippen molar-refractivity contribution in [2.24, 2.45) is 0 Å². The van der Waals surface area contributed by atoms with Crippen molar-refractivity contribution in [2.75, 3.05) is 6.61 Å². The van der Waals surface area contributed by atoms with E-state index in [-0.39, 0.29) is 24.8 Å². The highest BCUT2D eigenvalue weighted by Gasteiger charge is 2.03. The topological polar surface area (TPSA) is 38.3 Å². The molecular formula is C17H18FNO2. The Hall–Kier alpha value is -2.36. The standard InChI is InChI=1S/C17H18FNO2/c1-13-4-2-3-5-14(13)12-19-17(20)10-11-21-16-8-6-15(18)7-9-16/h2-9H,10-12H2,1H3,(H,19,20). The molecule has 0 atom stereocenters. The number of aryl methyl sites for hydroxylation is 1. The van der Waals surface area contributed by atoms with Crippen LogP contribution in [0.2, 0.25) is 0 Å². The Balaban J connectivity index is 1.70. The first kappa shape index (κ1) is 15.0. The molecule has 4 heteroatoms. The van der Waals surface area contributed by atoms with Crippen molar-refractivity contribution in [1.29, 1.82) is 0 Å². The van der Waals surface area contributed by atoms with Crippen LogP contribution < -0.4 is 10.1 Å². The smallest absolute Gasteiger partial charge is 0.223 e. The van der Waals surface area contributed by atoms with Crippen molar-refractivity contribution in [3.8, 4) is 5.75 Å². The third kappa shape index (κ3) is 4.91. The van der Waals surface area contributed by atoms with E-state index >= 15 is 0 Å². The van der Waals surface area contributed by atoms with Gasteiger partial charge in [-0.2, -0.15) is 0 Å². The number of carbonyl (C=O) groups is 1. The zero-order valence-electron chi connectivity index (χ0n) is 11.9. The van der Waals surface area contributed by atoms with Gasteiger partial charge < -0.3 is 10.1 Å². The minimum absolute atomic E-state index is 0.0691. The van der Waals surface area contributed by atoms with Gasteiger partial charge in [-0.25, -0.2) is 4.39 Å². The fraction of sp³-hybridized carbons (Fsp3) is 0.235. The summed E-state index contributed by atoms with van der Waals surface area (Å²) in [5.41, 5.74) is 2.26. The molecular weight excluding hydrogens is 269 g/mol. The van der Waals surface area contributed by atoms with E-state index in [0.29, 0.717) is 12.3 Å². The summed E-state index contributed by atoms with van der Waals surface area (Å²) >= 11 is 0. The van der Waals surface area contributed by atoms with Gasteiger partial charge in [0, 0.05) is 6.54 Å².